The molecule has 10 aromatic rings. The first-order valence-electron chi connectivity index (χ1n) is 17.1. The lowest BCUT2D eigenvalue weighted by Crippen LogP contribution is -2.00. The van der Waals surface area contributed by atoms with Gasteiger partial charge in [0.25, 0.3) is 0 Å². The quantitative estimate of drug-likeness (QED) is 0.185. The minimum Gasteiger partial charge on any atom is -0.456 e. The SMILES string of the molecule is Cc1ccc(-n2c3ccccc3c3cc(-c4ccc5oc6cc(-c7nc(-c8ccccc8)nc(-c8ccccc8)n7)ccc6c5c4)ccc32)cc1. The van der Waals surface area contributed by atoms with Gasteiger partial charge in [-0.25, -0.2) is 15.0 Å². The molecule has 0 saturated carbocycles. The molecule has 0 radical (unpaired) electrons. The number of benzene rings is 7. The van der Waals surface area contributed by atoms with Crippen molar-refractivity contribution in [3.05, 3.63) is 169 Å². The van der Waals surface area contributed by atoms with E-state index in [9.17, 15) is 0 Å². The maximum absolute atomic E-state index is 6.45. The van der Waals surface area contributed by atoms with E-state index in [1.807, 2.05) is 66.7 Å². The average Bonchev–Trinajstić information content (AvgIpc) is 3.73. The van der Waals surface area contributed by atoms with Crippen molar-refractivity contribution in [3.8, 4) is 51.0 Å². The largest absolute Gasteiger partial charge is 0.456 e. The molecule has 0 atom stereocenters. The Balaban J connectivity index is 1.07. The maximum atomic E-state index is 6.45. The standard InChI is InChI=1S/C46H30N4O/c1-29-16-21-35(22-17-29)50-40-15-9-8-14-36(40)38-26-32(19-24-41(38)50)33-20-25-42-39(27-33)37-23-18-34(28-43(37)51-42)46-48-44(30-10-4-2-5-11-30)47-45(49-46)31-12-6-3-7-13-31/h2-28H,1H3. The van der Waals surface area contributed by atoms with Gasteiger partial charge in [0, 0.05) is 43.9 Å². The highest BCUT2D eigenvalue weighted by molar-refractivity contribution is 6.11. The van der Waals surface area contributed by atoms with Gasteiger partial charge < -0.3 is 8.98 Å². The minimum absolute atomic E-state index is 0.601. The number of aryl methyl sites for hydroxylation is 1. The van der Waals surface area contributed by atoms with Gasteiger partial charge in [-0.15, -0.1) is 0 Å². The number of hydrogen-bond acceptors (Lipinski definition) is 4. The van der Waals surface area contributed by atoms with Gasteiger partial charge in [-0.1, -0.05) is 115 Å². The van der Waals surface area contributed by atoms with Gasteiger partial charge in [0.15, 0.2) is 17.5 Å². The summed E-state index contributed by atoms with van der Waals surface area (Å²) in [4.78, 5) is 14.7. The number of para-hydroxylation sites is 1. The monoisotopic (exact) mass is 654 g/mol. The van der Waals surface area contributed by atoms with Crippen LogP contribution in [0.2, 0.25) is 0 Å². The van der Waals surface area contributed by atoms with E-state index in [0.29, 0.717) is 17.5 Å². The van der Waals surface area contributed by atoms with Crippen LogP contribution in [0.1, 0.15) is 5.56 Å². The molecule has 0 aliphatic rings. The van der Waals surface area contributed by atoms with Crippen LogP contribution in [0, 0.1) is 6.92 Å². The highest BCUT2D eigenvalue weighted by Gasteiger charge is 2.17. The Morgan fingerprint density at radius 1 is 0.392 bits per heavy atom. The van der Waals surface area contributed by atoms with E-state index < -0.39 is 0 Å². The normalized spacial score (nSPS) is 11.6. The Bertz CT molecular complexity index is 2850. The Hall–Kier alpha value is -6.85. The third-order valence-corrected chi connectivity index (χ3v) is 9.73. The molecule has 5 heteroatoms. The predicted molar refractivity (Wildman–Crippen MR) is 208 cm³/mol. The van der Waals surface area contributed by atoms with Crippen LogP contribution in [-0.4, -0.2) is 19.5 Å². The zero-order valence-corrected chi connectivity index (χ0v) is 27.8. The Morgan fingerprint density at radius 3 is 1.67 bits per heavy atom. The van der Waals surface area contributed by atoms with E-state index in [4.69, 9.17) is 19.4 Å². The smallest absolute Gasteiger partial charge is 0.164 e. The molecule has 7 aromatic carbocycles. The van der Waals surface area contributed by atoms with E-state index in [2.05, 4.69) is 109 Å². The number of nitrogens with zero attached hydrogens (tertiary/aromatic N) is 4. The molecule has 0 bridgehead atoms. The molecule has 0 unspecified atom stereocenters. The molecule has 0 amide bonds. The van der Waals surface area contributed by atoms with Gasteiger partial charge in [0.05, 0.1) is 11.0 Å². The summed E-state index contributed by atoms with van der Waals surface area (Å²) in [6.07, 6.45) is 0. The first kappa shape index (κ1) is 29.1. The van der Waals surface area contributed by atoms with Crippen LogP contribution in [0.15, 0.2) is 168 Å². The first-order chi connectivity index (χ1) is 25.2. The average molecular weight is 655 g/mol. The molecule has 51 heavy (non-hydrogen) atoms. The molecule has 0 aliphatic heterocycles. The van der Waals surface area contributed by atoms with Crippen LogP contribution in [0.25, 0.3) is 94.7 Å². The summed E-state index contributed by atoms with van der Waals surface area (Å²) in [7, 11) is 0. The van der Waals surface area contributed by atoms with Crippen LogP contribution in [-0.2, 0) is 0 Å². The predicted octanol–water partition coefficient (Wildman–Crippen LogP) is 11.8. The van der Waals surface area contributed by atoms with Crippen molar-refractivity contribution in [2.75, 3.05) is 0 Å². The molecule has 0 fully saturated rings. The van der Waals surface area contributed by atoms with Crippen molar-refractivity contribution in [1.82, 2.24) is 19.5 Å². The molecule has 3 heterocycles. The van der Waals surface area contributed by atoms with Gasteiger partial charge in [0.1, 0.15) is 11.2 Å². The number of aromatic nitrogens is 4. The van der Waals surface area contributed by atoms with Gasteiger partial charge in [-0.05, 0) is 72.6 Å². The molecule has 5 nitrogen and oxygen atoms in total. The van der Waals surface area contributed by atoms with Crippen molar-refractivity contribution >= 4 is 43.7 Å². The van der Waals surface area contributed by atoms with Crippen molar-refractivity contribution in [2.24, 2.45) is 0 Å². The van der Waals surface area contributed by atoms with Gasteiger partial charge >= 0.3 is 0 Å². The van der Waals surface area contributed by atoms with Crippen LogP contribution in [0.4, 0.5) is 0 Å². The summed E-state index contributed by atoms with van der Waals surface area (Å²) >= 11 is 0. The Morgan fingerprint density at radius 2 is 0.961 bits per heavy atom. The summed E-state index contributed by atoms with van der Waals surface area (Å²) in [6.45, 7) is 2.12. The van der Waals surface area contributed by atoms with Gasteiger partial charge in [-0.2, -0.15) is 0 Å². The third kappa shape index (κ3) is 4.98. The summed E-state index contributed by atoms with van der Waals surface area (Å²) in [5, 5.41) is 4.59. The van der Waals surface area contributed by atoms with E-state index in [-0.39, 0.29) is 0 Å². The fraction of sp³-hybridized carbons (Fsp3) is 0.0217. The maximum Gasteiger partial charge on any atom is 0.164 e. The lowest BCUT2D eigenvalue weighted by atomic mass is 10.0. The summed E-state index contributed by atoms with van der Waals surface area (Å²) < 4.78 is 8.81. The zero-order valence-electron chi connectivity index (χ0n) is 27.8. The summed E-state index contributed by atoms with van der Waals surface area (Å²) in [5.74, 6) is 1.87. The van der Waals surface area contributed by atoms with Gasteiger partial charge in [-0.3, -0.25) is 0 Å². The minimum atomic E-state index is 0.601. The third-order valence-electron chi connectivity index (χ3n) is 9.73. The van der Waals surface area contributed by atoms with Gasteiger partial charge in [0.2, 0.25) is 0 Å². The lowest BCUT2D eigenvalue weighted by Gasteiger charge is -2.09. The van der Waals surface area contributed by atoms with Crippen molar-refractivity contribution in [3.63, 3.8) is 0 Å². The topological polar surface area (TPSA) is 56.7 Å². The molecule has 0 aliphatic carbocycles. The molecular weight excluding hydrogens is 625 g/mol. The summed E-state index contributed by atoms with van der Waals surface area (Å²) in [5.41, 5.74) is 11.5. The second-order valence-corrected chi connectivity index (χ2v) is 13.0. The summed E-state index contributed by atoms with van der Waals surface area (Å²) in [6, 6.07) is 57.0. The second kappa shape index (κ2) is 11.6. The van der Waals surface area contributed by atoms with Crippen LogP contribution in [0.3, 0.4) is 0 Å². The van der Waals surface area contributed by atoms with E-state index in [1.165, 1.54) is 27.4 Å². The van der Waals surface area contributed by atoms with Crippen molar-refractivity contribution in [1.29, 1.82) is 0 Å². The first-order valence-corrected chi connectivity index (χ1v) is 17.1. The van der Waals surface area contributed by atoms with Crippen molar-refractivity contribution in [2.45, 2.75) is 6.92 Å². The molecule has 10 rings (SSSR count). The second-order valence-electron chi connectivity index (χ2n) is 13.0. The van der Waals surface area contributed by atoms with Crippen LogP contribution in [0.5, 0.6) is 0 Å². The van der Waals surface area contributed by atoms with E-state index in [0.717, 1.165) is 55.4 Å². The molecule has 0 N–H and O–H groups in total. The molecule has 0 saturated heterocycles. The van der Waals surface area contributed by atoms with Crippen LogP contribution >= 0.6 is 0 Å². The highest BCUT2D eigenvalue weighted by Crippen LogP contribution is 2.38. The fourth-order valence-corrected chi connectivity index (χ4v) is 7.16. The zero-order chi connectivity index (χ0) is 33.9. The lowest BCUT2D eigenvalue weighted by molar-refractivity contribution is 0.669. The Labute approximate surface area is 294 Å². The number of hydrogen-bond donors (Lipinski definition) is 0. The van der Waals surface area contributed by atoms with Crippen molar-refractivity contribution < 1.29 is 4.42 Å². The number of rotatable bonds is 5. The Kier molecular flexibility index (Phi) is 6.64. The highest BCUT2D eigenvalue weighted by atomic mass is 16.3. The molecule has 240 valence electrons. The number of furan rings is 1. The van der Waals surface area contributed by atoms with E-state index >= 15 is 0 Å². The van der Waals surface area contributed by atoms with E-state index in [1.54, 1.807) is 0 Å². The number of fused-ring (bicyclic) bond motifs is 6. The molecular formula is C46H30N4O. The van der Waals surface area contributed by atoms with Crippen LogP contribution < -0.4 is 0 Å². The molecule has 0 spiro atoms. The molecule has 3 aromatic heterocycles. The fourth-order valence-electron chi connectivity index (χ4n) is 7.16.